The maximum Gasteiger partial charge on any atom is 0.331 e. The van der Waals surface area contributed by atoms with Gasteiger partial charge in [-0.05, 0) is 35.9 Å². The van der Waals surface area contributed by atoms with Crippen molar-refractivity contribution in [3.8, 4) is 11.5 Å². The average molecular weight is 368 g/mol. The van der Waals surface area contributed by atoms with E-state index in [0.717, 1.165) is 5.56 Å². The number of methoxy groups -OCH3 is 2. The zero-order valence-electron chi connectivity index (χ0n) is 13.1. The fraction of sp³-hybridized carbons (Fsp3) is 0.176. The quantitative estimate of drug-likeness (QED) is 0.435. The van der Waals surface area contributed by atoms with E-state index >= 15 is 0 Å². The molecule has 0 amide bonds. The summed E-state index contributed by atoms with van der Waals surface area (Å²) in [5.74, 6) is 0.712. The number of halogens is 2. The van der Waals surface area contributed by atoms with Crippen molar-refractivity contribution < 1.29 is 19.0 Å². The molecule has 0 N–H and O–H groups in total. The summed E-state index contributed by atoms with van der Waals surface area (Å²) in [7, 11) is 3.11. The Morgan fingerprint density at radius 1 is 1.12 bits per heavy atom. The number of hydrogen-bond donors (Lipinski definition) is 0. The molecule has 126 valence electrons. The Balaban J connectivity index is 2.01. The van der Waals surface area contributed by atoms with Crippen LogP contribution in [-0.2, 0) is 16.1 Å². The van der Waals surface area contributed by atoms with E-state index in [2.05, 4.69) is 4.98 Å². The van der Waals surface area contributed by atoms with Crippen molar-refractivity contribution in [3.05, 3.63) is 57.8 Å². The molecule has 0 aliphatic carbocycles. The van der Waals surface area contributed by atoms with Gasteiger partial charge in [-0.2, -0.15) is 0 Å². The first-order valence-corrected chi connectivity index (χ1v) is 7.66. The van der Waals surface area contributed by atoms with E-state index in [-0.39, 0.29) is 11.8 Å². The van der Waals surface area contributed by atoms with Gasteiger partial charge in [0.1, 0.15) is 23.3 Å². The predicted molar refractivity (Wildman–Crippen MR) is 92.6 cm³/mol. The first-order valence-electron chi connectivity index (χ1n) is 6.90. The van der Waals surface area contributed by atoms with Crippen molar-refractivity contribution >= 4 is 35.2 Å². The van der Waals surface area contributed by atoms with E-state index in [9.17, 15) is 4.79 Å². The second-order valence-electron chi connectivity index (χ2n) is 4.65. The minimum atomic E-state index is -0.533. The summed E-state index contributed by atoms with van der Waals surface area (Å²) in [6.07, 6.45) is 2.90. The number of pyridine rings is 1. The standard InChI is InChI=1S/C17H15Cl2NO4/c1-22-12-7-11(8-13(9-12)23-2)3-6-17(21)24-10-15-14(18)4-5-16(19)20-15/h3-9H,10H2,1-2H3/b6-3+. The number of nitrogens with zero attached hydrogens (tertiary/aromatic N) is 1. The summed E-state index contributed by atoms with van der Waals surface area (Å²) >= 11 is 11.7. The molecule has 0 saturated carbocycles. The van der Waals surface area contributed by atoms with Crippen molar-refractivity contribution in [1.29, 1.82) is 0 Å². The number of esters is 1. The number of carbonyl (C=O) groups is 1. The molecule has 0 aliphatic heterocycles. The topological polar surface area (TPSA) is 57.7 Å². The van der Waals surface area contributed by atoms with Gasteiger partial charge in [0.25, 0.3) is 0 Å². The Labute approximate surface area is 149 Å². The van der Waals surface area contributed by atoms with Crippen LogP contribution in [-0.4, -0.2) is 25.2 Å². The predicted octanol–water partition coefficient (Wildman–Crippen LogP) is 4.16. The summed E-state index contributed by atoms with van der Waals surface area (Å²) in [5, 5.41) is 0.665. The minimum Gasteiger partial charge on any atom is -0.497 e. The Morgan fingerprint density at radius 3 is 2.42 bits per heavy atom. The molecule has 0 unspecified atom stereocenters. The summed E-state index contributed by atoms with van der Waals surface area (Å²) in [6, 6.07) is 8.43. The fourth-order valence-electron chi connectivity index (χ4n) is 1.84. The van der Waals surface area contributed by atoms with Crippen LogP contribution in [0.5, 0.6) is 11.5 Å². The smallest absolute Gasteiger partial charge is 0.331 e. The highest BCUT2D eigenvalue weighted by molar-refractivity contribution is 6.32. The number of benzene rings is 1. The second-order valence-corrected chi connectivity index (χ2v) is 5.44. The van der Waals surface area contributed by atoms with Gasteiger partial charge in [-0.3, -0.25) is 0 Å². The van der Waals surface area contributed by atoms with Crippen molar-refractivity contribution in [3.63, 3.8) is 0 Å². The lowest BCUT2D eigenvalue weighted by Gasteiger charge is -2.06. The second kappa shape index (κ2) is 8.57. The first kappa shape index (κ1) is 18.1. The Bertz CT molecular complexity index is 740. The largest absolute Gasteiger partial charge is 0.497 e. The van der Waals surface area contributed by atoms with Crippen LogP contribution in [0.4, 0.5) is 0 Å². The van der Waals surface area contributed by atoms with Crippen LogP contribution in [0.1, 0.15) is 11.3 Å². The van der Waals surface area contributed by atoms with E-state index in [0.29, 0.717) is 22.2 Å². The zero-order chi connectivity index (χ0) is 17.5. The highest BCUT2D eigenvalue weighted by Gasteiger charge is 2.06. The van der Waals surface area contributed by atoms with E-state index in [1.54, 1.807) is 50.6 Å². The molecule has 24 heavy (non-hydrogen) atoms. The molecule has 0 radical (unpaired) electrons. The third kappa shape index (κ3) is 5.15. The third-order valence-electron chi connectivity index (χ3n) is 3.02. The lowest BCUT2D eigenvalue weighted by atomic mass is 10.2. The van der Waals surface area contributed by atoms with Crippen molar-refractivity contribution in [2.75, 3.05) is 14.2 Å². The highest BCUT2D eigenvalue weighted by atomic mass is 35.5. The molecular formula is C17H15Cl2NO4. The minimum absolute atomic E-state index is 0.0655. The number of hydrogen-bond acceptors (Lipinski definition) is 5. The summed E-state index contributed by atoms with van der Waals surface area (Å²) in [6.45, 7) is -0.0655. The van der Waals surface area contributed by atoms with E-state index in [4.69, 9.17) is 37.4 Å². The normalized spacial score (nSPS) is 10.7. The molecule has 0 aliphatic rings. The Hall–Kier alpha value is -2.24. The molecule has 0 atom stereocenters. The monoisotopic (exact) mass is 367 g/mol. The Kier molecular flexibility index (Phi) is 6.46. The molecule has 0 fully saturated rings. The maximum atomic E-state index is 11.8. The van der Waals surface area contributed by atoms with Crippen LogP contribution in [0, 0.1) is 0 Å². The van der Waals surface area contributed by atoms with Crippen molar-refractivity contribution in [2.45, 2.75) is 6.61 Å². The van der Waals surface area contributed by atoms with Crippen molar-refractivity contribution in [2.24, 2.45) is 0 Å². The maximum absolute atomic E-state index is 11.8. The van der Waals surface area contributed by atoms with Gasteiger partial charge in [0.15, 0.2) is 0 Å². The van der Waals surface area contributed by atoms with Gasteiger partial charge in [0.2, 0.25) is 0 Å². The van der Waals surface area contributed by atoms with E-state index < -0.39 is 5.97 Å². The van der Waals surface area contributed by atoms with Gasteiger partial charge in [-0.1, -0.05) is 23.2 Å². The zero-order valence-corrected chi connectivity index (χ0v) is 14.6. The lowest BCUT2D eigenvalue weighted by molar-refractivity contribution is -0.139. The number of ether oxygens (including phenoxy) is 3. The fourth-order valence-corrected chi connectivity index (χ4v) is 2.16. The van der Waals surface area contributed by atoms with Gasteiger partial charge in [-0.15, -0.1) is 0 Å². The molecule has 0 spiro atoms. The molecule has 1 heterocycles. The molecule has 1 aromatic carbocycles. The summed E-state index contributed by atoms with van der Waals surface area (Å²) < 4.78 is 15.4. The first-order chi connectivity index (χ1) is 11.5. The number of carbonyl (C=O) groups excluding carboxylic acids is 1. The van der Waals surface area contributed by atoms with Gasteiger partial charge in [-0.25, -0.2) is 9.78 Å². The van der Waals surface area contributed by atoms with Gasteiger partial charge in [0, 0.05) is 12.1 Å². The van der Waals surface area contributed by atoms with E-state index in [1.165, 1.54) is 6.08 Å². The number of rotatable bonds is 6. The van der Waals surface area contributed by atoms with Crippen LogP contribution in [0.15, 0.2) is 36.4 Å². The van der Waals surface area contributed by atoms with Crippen LogP contribution in [0.25, 0.3) is 6.08 Å². The van der Waals surface area contributed by atoms with Gasteiger partial charge >= 0.3 is 5.97 Å². The molecule has 5 nitrogen and oxygen atoms in total. The van der Waals surface area contributed by atoms with Gasteiger partial charge in [0.05, 0.1) is 24.9 Å². The molecule has 2 aromatic rings. The number of aromatic nitrogens is 1. The highest BCUT2D eigenvalue weighted by Crippen LogP contribution is 2.23. The van der Waals surface area contributed by atoms with Gasteiger partial charge < -0.3 is 14.2 Å². The van der Waals surface area contributed by atoms with Crippen LogP contribution >= 0.6 is 23.2 Å². The van der Waals surface area contributed by atoms with Crippen LogP contribution in [0.3, 0.4) is 0 Å². The summed E-state index contributed by atoms with van der Waals surface area (Å²) in [4.78, 5) is 15.8. The third-order valence-corrected chi connectivity index (χ3v) is 3.58. The molecule has 2 rings (SSSR count). The molecule has 0 bridgehead atoms. The lowest BCUT2D eigenvalue weighted by Crippen LogP contribution is -2.03. The SMILES string of the molecule is COc1cc(/C=C/C(=O)OCc2nc(Cl)ccc2Cl)cc(OC)c1. The molecule has 7 heteroatoms. The molecule has 1 aromatic heterocycles. The van der Waals surface area contributed by atoms with Crippen molar-refractivity contribution in [1.82, 2.24) is 4.98 Å². The molecular weight excluding hydrogens is 353 g/mol. The average Bonchev–Trinajstić information content (AvgIpc) is 2.60. The van der Waals surface area contributed by atoms with Crippen LogP contribution < -0.4 is 9.47 Å². The Morgan fingerprint density at radius 2 is 1.79 bits per heavy atom. The van der Waals surface area contributed by atoms with Crippen LogP contribution in [0.2, 0.25) is 10.2 Å². The molecule has 0 saturated heterocycles. The summed E-state index contributed by atoms with van der Waals surface area (Å²) in [5.41, 5.74) is 1.14. The van der Waals surface area contributed by atoms with E-state index in [1.807, 2.05) is 0 Å².